The molecule has 128 valence electrons. The SMILES string of the molecule is C=NN=C(N)c1c(-c2cnc3c(C)cccn23)cccc1S(N)(=O)=O. The van der Waals surface area contributed by atoms with Crippen molar-refractivity contribution < 1.29 is 8.42 Å². The summed E-state index contributed by atoms with van der Waals surface area (Å²) in [5.41, 5.74) is 9.03. The lowest BCUT2D eigenvalue weighted by Crippen LogP contribution is -2.22. The van der Waals surface area contributed by atoms with Gasteiger partial charge in [0.05, 0.1) is 16.8 Å². The second kappa shape index (κ2) is 6.11. The third kappa shape index (κ3) is 2.90. The molecule has 1 aromatic carbocycles. The number of aromatic nitrogens is 2. The van der Waals surface area contributed by atoms with Gasteiger partial charge in [-0.2, -0.15) is 5.10 Å². The topological polar surface area (TPSA) is 128 Å². The summed E-state index contributed by atoms with van der Waals surface area (Å²) in [4.78, 5) is 4.26. The van der Waals surface area contributed by atoms with Gasteiger partial charge in [-0.3, -0.25) is 4.40 Å². The quantitative estimate of drug-likeness (QED) is 0.414. The summed E-state index contributed by atoms with van der Waals surface area (Å²) in [6.45, 7) is 5.19. The van der Waals surface area contributed by atoms with E-state index in [1.165, 1.54) is 6.07 Å². The van der Waals surface area contributed by atoms with E-state index in [1.807, 2.05) is 29.7 Å². The summed E-state index contributed by atoms with van der Waals surface area (Å²) in [6, 6.07) is 8.49. The summed E-state index contributed by atoms with van der Waals surface area (Å²) in [7, 11) is -4.02. The molecule has 0 saturated heterocycles. The number of sulfonamides is 1. The third-order valence-electron chi connectivity index (χ3n) is 3.77. The summed E-state index contributed by atoms with van der Waals surface area (Å²) < 4.78 is 25.8. The highest BCUT2D eigenvalue weighted by Gasteiger charge is 2.22. The van der Waals surface area contributed by atoms with Crippen LogP contribution in [0.5, 0.6) is 0 Å². The molecule has 0 aliphatic rings. The van der Waals surface area contributed by atoms with E-state index in [1.54, 1.807) is 18.3 Å². The van der Waals surface area contributed by atoms with Crippen molar-refractivity contribution in [2.24, 2.45) is 21.1 Å². The van der Waals surface area contributed by atoms with Crippen molar-refractivity contribution in [1.29, 1.82) is 0 Å². The number of hydrogen-bond acceptors (Lipinski definition) is 5. The Labute approximate surface area is 144 Å². The summed E-state index contributed by atoms with van der Waals surface area (Å²) >= 11 is 0. The van der Waals surface area contributed by atoms with E-state index in [2.05, 4.69) is 21.9 Å². The minimum atomic E-state index is -4.02. The van der Waals surface area contributed by atoms with Gasteiger partial charge in [-0.1, -0.05) is 18.2 Å². The first-order valence-corrected chi connectivity index (χ1v) is 8.77. The fourth-order valence-electron chi connectivity index (χ4n) is 2.72. The van der Waals surface area contributed by atoms with Gasteiger partial charge in [0.15, 0.2) is 5.84 Å². The first-order valence-electron chi connectivity index (χ1n) is 7.23. The lowest BCUT2D eigenvalue weighted by Gasteiger charge is -2.13. The molecule has 9 heteroatoms. The van der Waals surface area contributed by atoms with Crippen LogP contribution in [0.1, 0.15) is 11.1 Å². The first-order chi connectivity index (χ1) is 11.8. The van der Waals surface area contributed by atoms with Crippen LogP contribution in [0, 0.1) is 6.92 Å². The van der Waals surface area contributed by atoms with Gasteiger partial charge in [-0.25, -0.2) is 18.5 Å². The van der Waals surface area contributed by atoms with Crippen molar-refractivity contribution in [2.75, 3.05) is 0 Å². The summed E-state index contributed by atoms with van der Waals surface area (Å²) in [5, 5.41) is 12.4. The van der Waals surface area contributed by atoms with Gasteiger partial charge in [0.2, 0.25) is 10.0 Å². The van der Waals surface area contributed by atoms with E-state index < -0.39 is 10.0 Å². The maximum absolute atomic E-state index is 12.0. The lowest BCUT2D eigenvalue weighted by atomic mass is 10.0. The number of imidazole rings is 1. The number of aryl methyl sites for hydroxylation is 1. The van der Waals surface area contributed by atoms with Gasteiger partial charge in [0.25, 0.3) is 0 Å². The molecule has 4 N–H and O–H groups in total. The molecule has 25 heavy (non-hydrogen) atoms. The minimum absolute atomic E-state index is 0.0998. The highest BCUT2D eigenvalue weighted by molar-refractivity contribution is 7.89. The Morgan fingerprint density at radius 1 is 1.28 bits per heavy atom. The molecule has 3 rings (SSSR count). The monoisotopic (exact) mass is 356 g/mol. The first kappa shape index (κ1) is 16.8. The normalized spacial score (nSPS) is 12.5. The van der Waals surface area contributed by atoms with Crippen LogP contribution in [0.25, 0.3) is 16.9 Å². The van der Waals surface area contributed by atoms with Gasteiger partial charge >= 0.3 is 0 Å². The van der Waals surface area contributed by atoms with Crippen LogP contribution >= 0.6 is 0 Å². The van der Waals surface area contributed by atoms with Gasteiger partial charge in [-0.15, -0.1) is 5.10 Å². The van der Waals surface area contributed by atoms with E-state index in [9.17, 15) is 8.42 Å². The van der Waals surface area contributed by atoms with Gasteiger partial charge in [0, 0.05) is 24.0 Å². The van der Waals surface area contributed by atoms with E-state index in [4.69, 9.17) is 10.9 Å². The Kier molecular flexibility index (Phi) is 4.11. The minimum Gasteiger partial charge on any atom is -0.382 e. The zero-order valence-corrected chi connectivity index (χ0v) is 14.2. The van der Waals surface area contributed by atoms with Crippen molar-refractivity contribution in [3.8, 4) is 11.3 Å². The summed E-state index contributed by atoms with van der Waals surface area (Å²) in [6.07, 6.45) is 3.47. The Hall–Kier alpha value is -3.04. The van der Waals surface area contributed by atoms with Crippen LogP contribution in [-0.2, 0) is 10.0 Å². The van der Waals surface area contributed by atoms with Gasteiger partial charge in [0.1, 0.15) is 5.65 Å². The molecular weight excluding hydrogens is 340 g/mol. The second-order valence-electron chi connectivity index (χ2n) is 5.38. The maximum atomic E-state index is 12.0. The fraction of sp³-hybridized carbons (Fsp3) is 0.0625. The largest absolute Gasteiger partial charge is 0.382 e. The average Bonchev–Trinajstić information content (AvgIpc) is 2.99. The van der Waals surface area contributed by atoms with E-state index >= 15 is 0 Å². The van der Waals surface area contributed by atoms with Crippen molar-refractivity contribution in [3.05, 3.63) is 53.9 Å². The fourth-order valence-corrected chi connectivity index (χ4v) is 3.49. The number of primary sulfonamides is 1. The molecule has 2 heterocycles. The predicted molar refractivity (Wildman–Crippen MR) is 97.0 cm³/mol. The van der Waals surface area contributed by atoms with Crippen molar-refractivity contribution in [2.45, 2.75) is 11.8 Å². The Morgan fingerprint density at radius 2 is 2.04 bits per heavy atom. The number of rotatable bonds is 4. The van der Waals surface area contributed by atoms with Crippen molar-refractivity contribution in [1.82, 2.24) is 9.38 Å². The van der Waals surface area contributed by atoms with Crippen molar-refractivity contribution in [3.63, 3.8) is 0 Å². The van der Waals surface area contributed by atoms with Gasteiger partial charge in [-0.05, 0) is 24.6 Å². The predicted octanol–water partition coefficient (Wildman–Crippen LogP) is 1.28. The highest BCUT2D eigenvalue weighted by Crippen LogP contribution is 2.29. The molecule has 0 unspecified atom stereocenters. The van der Waals surface area contributed by atoms with Gasteiger partial charge < -0.3 is 5.73 Å². The van der Waals surface area contributed by atoms with Crippen LogP contribution < -0.4 is 10.9 Å². The molecule has 0 fully saturated rings. The van der Waals surface area contributed by atoms with E-state index in [0.717, 1.165) is 11.2 Å². The molecule has 0 saturated carbocycles. The van der Waals surface area contributed by atoms with Crippen LogP contribution in [0.2, 0.25) is 0 Å². The molecule has 0 aliphatic carbocycles. The molecule has 0 atom stereocenters. The van der Waals surface area contributed by atoms with Crippen LogP contribution in [-0.4, -0.2) is 30.4 Å². The number of nitrogens with zero attached hydrogens (tertiary/aromatic N) is 4. The van der Waals surface area contributed by atoms with Crippen LogP contribution in [0.3, 0.4) is 0 Å². The van der Waals surface area contributed by atoms with Crippen LogP contribution in [0.15, 0.2) is 57.8 Å². The number of benzene rings is 1. The number of amidine groups is 1. The maximum Gasteiger partial charge on any atom is 0.238 e. The molecule has 0 radical (unpaired) electrons. The molecule has 8 nitrogen and oxygen atoms in total. The highest BCUT2D eigenvalue weighted by atomic mass is 32.2. The molecular formula is C16H16N6O2S. The Morgan fingerprint density at radius 3 is 2.72 bits per heavy atom. The molecule has 0 aliphatic heterocycles. The number of pyridine rings is 1. The molecule has 3 aromatic rings. The third-order valence-corrected chi connectivity index (χ3v) is 4.73. The molecule has 2 aromatic heterocycles. The Bertz CT molecular complexity index is 1110. The zero-order chi connectivity index (χ0) is 18.2. The molecule has 0 spiro atoms. The van der Waals surface area contributed by atoms with E-state index in [0.29, 0.717) is 11.3 Å². The average molecular weight is 356 g/mol. The van der Waals surface area contributed by atoms with E-state index in [-0.39, 0.29) is 16.3 Å². The smallest absolute Gasteiger partial charge is 0.238 e. The lowest BCUT2D eigenvalue weighted by molar-refractivity contribution is 0.597. The number of nitrogens with two attached hydrogens (primary N) is 2. The number of hydrogen-bond donors (Lipinski definition) is 2. The molecule has 0 amide bonds. The summed E-state index contributed by atoms with van der Waals surface area (Å²) in [5.74, 6) is -0.0998. The second-order valence-corrected chi connectivity index (χ2v) is 6.91. The Balaban J connectivity index is 2.42. The number of fused-ring (bicyclic) bond motifs is 1. The van der Waals surface area contributed by atoms with Crippen molar-refractivity contribution >= 4 is 28.2 Å². The molecule has 0 bridgehead atoms. The zero-order valence-electron chi connectivity index (χ0n) is 13.4. The standard InChI is InChI=1S/C16H16N6O2S/c1-10-5-4-8-22-12(9-20-16(10)22)11-6-3-7-13(25(18,23)24)14(11)15(17)21-19-2/h3-9H,2H2,1H3,(H2,17,21)(H2,18,23,24). The van der Waals surface area contributed by atoms with Crippen LogP contribution in [0.4, 0.5) is 0 Å².